The molecule has 1 aromatic heterocycles. The van der Waals surface area contributed by atoms with Gasteiger partial charge < -0.3 is 4.74 Å². The van der Waals surface area contributed by atoms with Gasteiger partial charge in [-0.15, -0.1) is 0 Å². The summed E-state index contributed by atoms with van der Waals surface area (Å²) >= 11 is 0. The van der Waals surface area contributed by atoms with Crippen LogP contribution in [0, 0.1) is 6.92 Å². The number of rotatable bonds is 5. The molecule has 2 aromatic rings. The molecule has 0 aliphatic heterocycles. The van der Waals surface area contributed by atoms with Crippen LogP contribution < -0.4 is 9.46 Å². The number of sulfonamides is 1. The number of anilines is 1. The Morgan fingerprint density at radius 1 is 1.14 bits per heavy atom. The number of pyridine rings is 1. The number of hydrogen-bond acceptors (Lipinski definition) is 4. The fourth-order valence-electron chi connectivity index (χ4n) is 1.84. The predicted octanol–water partition coefficient (Wildman–Crippen LogP) is 2.98. The van der Waals surface area contributed by atoms with Crippen LogP contribution in [0.15, 0.2) is 47.5 Å². The van der Waals surface area contributed by atoms with Gasteiger partial charge in [0.15, 0.2) is 0 Å². The Morgan fingerprint density at radius 2 is 1.86 bits per heavy atom. The van der Waals surface area contributed by atoms with Crippen LogP contribution >= 0.6 is 0 Å². The van der Waals surface area contributed by atoms with Gasteiger partial charge >= 0.3 is 0 Å². The first-order valence-corrected chi connectivity index (χ1v) is 8.08. The molecule has 0 fully saturated rings. The van der Waals surface area contributed by atoms with Gasteiger partial charge in [-0.2, -0.15) is 0 Å². The van der Waals surface area contributed by atoms with Crippen molar-refractivity contribution in [1.82, 2.24) is 4.98 Å². The summed E-state index contributed by atoms with van der Waals surface area (Å²) in [5, 5.41) is 0. The molecular weight excluding hydrogens is 288 g/mol. The molecular formula is C15H18N2O3S. The molecule has 0 saturated carbocycles. The van der Waals surface area contributed by atoms with Gasteiger partial charge in [0.05, 0.1) is 11.0 Å². The highest BCUT2D eigenvalue weighted by atomic mass is 32.2. The Bertz CT molecular complexity index is 727. The molecule has 0 amide bonds. The quantitative estimate of drug-likeness (QED) is 0.922. The molecule has 1 N–H and O–H groups in total. The van der Waals surface area contributed by atoms with E-state index in [1.165, 1.54) is 0 Å². The molecule has 0 aliphatic carbocycles. The number of ether oxygens (including phenoxy) is 1. The molecule has 0 bridgehead atoms. The number of nitrogens with zero attached hydrogens (tertiary/aromatic N) is 1. The molecule has 2 rings (SSSR count). The maximum Gasteiger partial charge on any atom is 0.262 e. The van der Waals surface area contributed by atoms with Crippen molar-refractivity contribution in [3.05, 3.63) is 48.2 Å². The molecule has 21 heavy (non-hydrogen) atoms. The Kier molecular flexibility index (Phi) is 4.47. The monoisotopic (exact) mass is 306 g/mol. The summed E-state index contributed by atoms with van der Waals surface area (Å²) in [6.45, 7) is 5.46. The van der Waals surface area contributed by atoms with E-state index in [-0.39, 0.29) is 16.9 Å². The lowest BCUT2D eigenvalue weighted by Gasteiger charge is -2.15. The zero-order chi connectivity index (χ0) is 15.5. The molecule has 0 radical (unpaired) electrons. The van der Waals surface area contributed by atoms with Gasteiger partial charge in [-0.3, -0.25) is 4.72 Å². The fourth-order valence-corrected chi connectivity index (χ4v) is 3.15. The molecule has 0 unspecified atom stereocenters. The number of aromatic nitrogens is 1. The largest absolute Gasteiger partial charge is 0.473 e. The van der Waals surface area contributed by atoms with Crippen LogP contribution in [0.4, 0.5) is 5.69 Å². The fraction of sp³-hybridized carbons (Fsp3) is 0.267. The summed E-state index contributed by atoms with van der Waals surface area (Å²) in [7, 11) is -3.67. The van der Waals surface area contributed by atoms with Gasteiger partial charge in [0.2, 0.25) is 5.88 Å². The summed E-state index contributed by atoms with van der Waals surface area (Å²) < 4.78 is 33.0. The van der Waals surface area contributed by atoms with Crippen LogP contribution in [0.2, 0.25) is 0 Å². The minimum Gasteiger partial charge on any atom is -0.473 e. The van der Waals surface area contributed by atoms with E-state index in [0.29, 0.717) is 11.3 Å². The van der Waals surface area contributed by atoms with Crippen molar-refractivity contribution in [2.45, 2.75) is 31.8 Å². The number of benzene rings is 1. The van der Waals surface area contributed by atoms with Gasteiger partial charge in [-0.1, -0.05) is 18.2 Å². The first-order chi connectivity index (χ1) is 9.90. The third kappa shape index (κ3) is 3.72. The van der Waals surface area contributed by atoms with Crippen molar-refractivity contribution in [1.29, 1.82) is 0 Å². The Morgan fingerprint density at radius 3 is 2.52 bits per heavy atom. The summed E-state index contributed by atoms with van der Waals surface area (Å²) in [6, 6.07) is 10.1. The van der Waals surface area contributed by atoms with Gasteiger partial charge in [0.1, 0.15) is 5.69 Å². The van der Waals surface area contributed by atoms with E-state index in [1.54, 1.807) is 49.5 Å². The van der Waals surface area contributed by atoms with Crippen LogP contribution in [0.5, 0.6) is 5.88 Å². The minimum absolute atomic E-state index is 0.0957. The Labute approximate surface area is 125 Å². The van der Waals surface area contributed by atoms with Crippen molar-refractivity contribution in [3.63, 3.8) is 0 Å². The number of hydrogen-bond donors (Lipinski definition) is 1. The topological polar surface area (TPSA) is 68.3 Å². The van der Waals surface area contributed by atoms with Gasteiger partial charge in [0, 0.05) is 6.20 Å². The molecule has 1 heterocycles. The van der Waals surface area contributed by atoms with Crippen molar-refractivity contribution in [2.24, 2.45) is 0 Å². The third-order valence-corrected chi connectivity index (χ3v) is 4.27. The van der Waals surface area contributed by atoms with Gasteiger partial charge in [-0.05, 0) is 44.5 Å². The van der Waals surface area contributed by atoms with E-state index >= 15 is 0 Å². The van der Waals surface area contributed by atoms with Crippen molar-refractivity contribution in [2.75, 3.05) is 4.72 Å². The van der Waals surface area contributed by atoms with Crippen LogP contribution in [-0.2, 0) is 10.0 Å². The second kappa shape index (κ2) is 6.13. The normalized spacial score (nSPS) is 11.4. The lowest BCUT2D eigenvalue weighted by Crippen LogP contribution is -2.16. The third-order valence-electron chi connectivity index (χ3n) is 2.75. The molecule has 112 valence electrons. The average molecular weight is 306 g/mol. The molecule has 0 saturated heterocycles. The maximum absolute atomic E-state index is 12.5. The summed E-state index contributed by atoms with van der Waals surface area (Å²) in [4.78, 5) is 4.31. The van der Waals surface area contributed by atoms with Crippen LogP contribution in [0.25, 0.3) is 0 Å². The molecule has 5 nitrogen and oxygen atoms in total. The van der Waals surface area contributed by atoms with E-state index in [4.69, 9.17) is 4.74 Å². The first kappa shape index (κ1) is 15.3. The second-order valence-corrected chi connectivity index (χ2v) is 6.54. The van der Waals surface area contributed by atoms with Crippen LogP contribution in [-0.4, -0.2) is 19.5 Å². The van der Waals surface area contributed by atoms with E-state index in [2.05, 4.69) is 9.71 Å². The van der Waals surface area contributed by atoms with E-state index in [1.807, 2.05) is 13.8 Å². The lowest BCUT2D eigenvalue weighted by molar-refractivity contribution is 0.234. The smallest absolute Gasteiger partial charge is 0.262 e. The van der Waals surface area contributed by atoms with Crippen LogP contribution in [0.1, 0.15) is 19.4 Å². The SMILES string of the molecule is Cc1ccccc1S(=O)(=O)Nc1cccnc1OC(C)C. The lowest BCUT2D eigenvalue weighted by atomic mass is 10.2. The van der Waals surface area contributed by atoms with E-state index in [9.17, 15) is 8.42 Å². The van der Waals surface area contributed by atoms with Crippen molar-refractivity contribution >= 4 is 15.7 Å². The Balaban J connectivity index is 2.36. The van der Waals surface area contributed by atoms with Crippen molar-refractivity contribution in [3.8, 4) is 5.88 Å². The molecule has 0 spiro atoms. The molecule has 0 atom stereocenters. The van der Waals surface area contributed by atoms with Crippen molar-refractivity contribution < 1.29 is 13.2 Å². The minimum atomic E-state index is -3.67. The first-order valence-electron chi connectivity index (χ1n) is 6.60. The van der Waals surface area contributed by atoms with Crippen LogP contribution in [0.3, 0.4) is 0 Å². The number of nitrogens with one attached hydrogen (secondary N) is 1. The van der Waals surface area contributed by atoms with Gasteiger partial charge in [-0.25, -0.2) is 13.4 Å². The molecule has 1 aromatic carbocycles. The second-order valence-electron chi connectivity index (χ2n) is 4.89. The predicted molar refractivity (Wildman–Crippen MR) is 82.0 cm³/mol. The van der Waals surface area contributed by atoms with E-state index in [0.717, 1.165) is 0 Å². The average Bonchev–Trinajstić information content (AvgIpc) is 2.40. The van der Waals surface area contributed by atoms with Gasteiger partial charge in [0.25, 0.3) is 10.0 Å². The highest BCUT2D eigenvalue weighted by Gasteiger charge is 2.19. The standard InChI is InChI=1S/C15H18N2O3S/c1-11(2)20-15-13(8-6-10-16-15)17-21(18,19)14-9-5-4-7-12(14)3/h4-11,17H,1-3H3. The highest BCUT2D eigenvalue weighted by molar-refractivity contribution is 7.92. The molecule has 0 aliphatic rings. The summed E-state index contributed by atoms with van der Waals surface area (Å²) in [6.07, 6.45) is 1.46. The summed E-state index contributed by atoms with van der Waals surface area (Å²) in [5.74, 6) is 0.268. The zero-order valence-corrected chi connectivity index (χ0v) is 13.0. The Hall–Kier alpha value is -2.08. The maximum atomic E-state index is 12.5. The number of aryl methyl sites for hydroxylation is 1. The van der Waals surface area contributed by atoms with E-state index < -0.39 is 10.0 Å². The zero-order valence-electron chi connectivity index (χ0n) is 12.2. The molecule has 6 heteroatoms. The summed E-state index contributed by atoms with van der Waals surface area (Å²) in [5.41, 5.74) is 1.01. The highest BCUT2D eigenvalue weighted by Crippen LogP contribution is 2.25.